The maximum atomic E-state index is 12.8. The fourth-order valence-electron chi connectivity index (χ4n) is 3.41. The minimum Gasteiger partial charge on any atom is -0.301 e. The topological polar surface area (TPSA) is 46.9 Å². The minimum atomic E-state index is -0.0442. The highest BCUT2D eigenvalue weighted by Gasteiger charge is 2.28. The van der Waals surface area contributed by atoms with Crippen LogP contribution in [0.1, 0.15) is 36.8 Å². The number of aromatic nitrogens is 2. The van der Waals surface area contributed by atoms with Crippen molar-refractivity contribution in [2.24, 2.45) is 0 Å². The van der Waals surface area contributed by atoms with E-state index in [9.17, 15) is 4.79 Å². The number of hydrogen-bond donors (Lipinski definition) is 1. The Morgan fingerprint density at radius 3 is 2.79 bits per heavy atom. The van der Waals surface area contributed by atoms with Gasteiger partial charge in [0.2, 0.25) is 0 Å². The van der Waals surface area contributed by atoms with Crippen LogP contribution in [-0.2, 0) is 6.54 Å². The van der Waals surface area contributed by atoms with Crippen molar-refractivity contribution in [2.75, 3.05) is 0 Å². The molecule has 5 heteroatoms. The predicted molar refractivity (Wildman–Crippen MR) is 96.4 cm³/mol. The van der Waals surface area contributed by atoms with Gasteiger partial charge in [0.1, 0.15) is 5.82 Å². The molecule has 3 aromatic rings. The van der Waals surface area contributed by atoms with Crippen LogP contribution < -0.4 is 10.9 Å². The Hall–Kier alpha value is -2.17. The third kappa shape index (κ3) is 2.52. The fourth-order valence-corrected chi connectivity index (χ4v) is 3.66. The Kier molecular flexibility index (Phi) is 3.87. The molecule has 1 aromatic heterocycles. The molecule has 0 bridgehead atoms. The van der Waals surface area contributed by atoms with E-state index in [1.165, 1.54) is 5.56 Å². The third-order valence-electron chi connectivity index (χ3n) is 4.67. The molecule has 4 nitrogen and oxygen atoms in total. The molecule has 0 saturated carbocycles. The van der Waals surface area contributed by atoms with Crippen molar-refractivity contribution in [3.8, 4) is 0 Å². The average Bonchev–Trinajstić information content (AvgIpc) is 2.99. The summed E-state index contributed by atoms with van der Waals surface area (Å²) in [5.41, 5.74) is 1.85. The van der Waals surface area contributed by atoms with Crippen molar-refractivity contribution < 1.29 is 0 Å². The van der Waals surface area contributed by atoms with Crippen LogP contribution in [0.4, 0.5) is 0 Å². The molecule has 2 unspecified atom stereocenters. The van der Waals surface area contributed by atoms with E-state index in [1.807, 2.05) is 30.3 Å². The van der Waals surface area contributed by atoms with Gasteiger partial charge in [-0.2, -0.15) is 0 Å². The quantitative estimate of drug-likeness (QED) is 0.788. The second kappa shape index (κ2) is 6.04. The predicted octanol–water partition coefficient (Wildman–Crippen LogP) is 3.85. The monoisotopic (exact) mass is 339 g/mol. The first kappa shape index (κ1) is 15.4. The summed E-state index contributed by atoms with van der Waals surface area (Å²) < 4.78 is 1.75. The van der Waals surface area contributed by atoms with Crippen molar-refractivity contribution in [3.63, 3.8) is 0 Å². The van der Waals surface area contributed by atoms with Crippen LogP contribution in [0.25, 0.3) is 10.9 Å². The van der Waals surface area contributed by atoms with Gasteiger partial charge >= 0.3 is 0 Å². The molecule has 0 fully saturated rings. The lowest BCUT2D eigenvalue weighted by Gasteiger charge is -2.19. The van der Waals surface area contributed by atoms with Crippen LogP contribution in [0.3, 0.4) is 0 Å². The van der Waals surface area contributed by atoms with Crippen LogP contribution in [-0.4, -0.2) is 9.55 Å². The zero-order valence-electron chi connectivity index (χ0n) is 13.4. The van der Waals surface area contributed by atoms with E-state index in [-0.39, 0.29) is 17.6 Å². The first-order chi connectivity index (χ1) is 11.6. The summed E-state index contributed by atoms with van der Waals surface area (Å²) in [5, 5.41) is 4.58. The average molecular weight is 340 g/mol. The Morgan fingerprint density at radius 2 is 2.00 bits per heavy atom. The number of nitrogens with one attached hydrogen (secondary N) is 1. The number of fused-ring (bicyclic) bond motifs is 2. The Bertz CT molecular complexity index is 952. The van der Waals surface area contributed by atoms with Crippen molar-refractivity contribution in [2.45, 2.75) is 32.0 Å². The standard InChI is InChI=1S/C19H18ClN3O/c1-12(13-6-3-2-4-7-13)21-16-10-11-23-18(16)22-15-9-5-8-14(20)17(15)19(23)24/h2-9,12,16,21H,10-11H2,1H3. The second-order valence-electron chi connectivity index (χ2n) is 6.20. The highest BCUT2D eigenvalue weighted by atomic mass is 35.5. The smallest absolute Gasteiger partial charge is 0.262 e. The maximum Gasteiger partial charge on any atom is 0.262 e. The van der Waals surface area contributed by atoms with Crippen LogP contribution in [0.2, 0.25) is 5.02 Å². The highest BCUT2D eigenvalue weighted by Crippen LogP contribution is 2.28. The molecule has 0 aliphatic carbocycles. The number of rotatable bonds is 3. The second-order valence-corrected chi connectivity index (χ2v) is 6.61. The normalized spacial score (nSPS) is 17.8. The molecule has 24 heavy (non-hydrogen) atoms. The highest BCUT2D eigenvalue weighted by molar-refractivity contribution is 6.35. The molecule has 0 saturated heterocycles. The summed E-state index contributed by atoms with van der Waals surface area (Å²) in [5.74, 6) is 0.803. The van der Waals surface area contributed by atoms with Crippen molar-refractivity contribution >= 4 is 22.5 Å². The number of hydrogen-bond acceptors (Lipinski definition) is 3. The lowest BCUT2D eigenvalue weighted by Crippen LogP contribution is -2.27. The Labute approximate surface area is 145 Å². The molecule has 0 amide bonds. The molecule has 1 aliphatic heterocycles. The summed E-state index contributed by atoms with van der Waals surface area (Å²) in [6.45, 7) is 2.80. The van der Waals surface area contributed by atoms with E-state index < -0.39 is 0 Å². The van der Waals surface area contributed by atoms with E-state index in [0.29, 0.717) is 22.5 Å². The summed E-state index contributed by atoms with van der Waals surface area (Å²) in [6, 6.07) is 16.0. The molecule has 2 heterocycles. The van der Waals surface area contributed by atoms with Crippen LogP contribution in [0.5, 0.6) is 0 Å². The van der Waals surface area contributed by atoms with Crippen LogP contribution in [0.15, 0.2) is 53.3 Å². The Morgan fingerprint density at radius 1 is 1.21 bits per heavy atom. The summed E-state index contributed by atoms with van der Waals surface area (Å²) in [4.78, 5) is 17.5. The number of halogens is 1. The molecule has 122 valence electrons. The van der Waals surface area contributed by atoms with Gasteiger partial charge in [-0.3, -0.25) is 9.36 Å². The first-order valence-electron chi connectivity index (χ1n) is 8.15. The van der Waals surface area contributed by atoms with Crippen molar-refractivity contribution in [3.05, 3.63) is 75.3 Å². The lowest BCUT2D eigenvalue weighted by atomic mass is 10.1. The van der Waals surface area contributed by atoms with Crippen molar-refractivity contribution in [1.82, 2.24) is 14.9 Å². The maximum absolute atomic E-state index is 12.8. The van der Waals surface area contributed by atoms with Crippen LogP contribution >= 0.6 is 11.6 Å². The molecule has 1 N–H and O–H groups in total. The van der Waals surface area contributed by atoms with Gasteiger partial charge in [-0.05, 0) is 31.0 Å². The molecule has 0 spiro atoms. The van der Waals surface area contributed by atoms with Gasteiger partial charge in [0.05, 0.1) is 22.0 Å². The van der Waals surface area contributed by atoms with Gasteiger partial charge in [-0.1, -0.05) is 48.0 Å². The zero-order valence-corrected chi connectivity index (χ0v) is 14.1. The number of nitrogens with zero attached hydrogens (tertiary/aromatic N) is 2. The van der Waals surface area contributed by atoms with Gasteiger partial charge in [0, 0.05) is 12.6 Å². The van der Waals surface area contributed by atoms with Gasteiger partial charge in [-0.15, -0.1) is 0 Å². The molecule has 1 aliphatic rings. The minimum absolute atomic E-state index is 0.0442. The third-order valence-corrected chi connectivity index (χ3v) is 4.98. The zero-order chi connectivity index (χ0) is 16.7. The van der Waals surface area contributed by atoms with Crippen molar-refractivity contribution in [1.29, 1.82) is 0 Å². The van der Waals surface area contributed by atoms with E-state index >= 15 is 0 Å². The Balaban J connectivity index is 1.72. The lowest BCUT2D eigenvalue weighted by molar-refractivity contribution is 0.459. The van der Waals surface area contributed by atoms with Crippen LogP contribution in [0, 0.1) is 0 Å². The molecule has 2 atom stereocenters. The van der Waals surface area contributed by atoms with Gasteiger partial charge < -0.3 is 5.32 Å². The van der Waals surface area contributed by atoms with E-state index in [1.54, 1.807) is 10.6 Å². The summed E-state index contributed by atoms with van der Waals surface area (Å²) in [7, 11) is 0. The molecular weight excluding hydrogens is 322 g/mol. The van der Waals surface area contributed by atoms with Gasteiger partial charge in [0.25, 0.3) is 5.56 Å². The molecule has 2 aromatic carbocycles. The SMILES string of the molecule is CC(NC1CCn2c1nc1cccc(Cl)c1c2=O)c1ccccc1. The van der Waals surface area contributed by atoms with Gasteiger partial charge in [-0.25, -0.2) is 4.98 Å². The molecular formula is C19H18ClN3O. The summed E-state index contributed by atoms with van der Waals surface area (Å²) >= 11 is 6.20. The van der Waals surface area contributed by atoms with E-state index in [2.05, 4.69) is 24.4 Å². The number of benzene rings is 2. The molecule has 0 radical (unpaired) electrons. The van der Waals surface area contributed by atoms with E-state index in [4.69, 9.17) is 16.6 Å². The largest absolute Gasteiger partial charge is 0.301 e. The van der Waals surface area contributed by atoms with E-state index in [0.717, 1.165) is 12.2 Å². The fraction of sp³-hybridized carbons (Fsp3) is 0.263. The molecule has 4 rings (SSSR count). The first-order valence-corrected chi connectivity index (χ1v) is 8.53. The summed E-state index contributed by atoms with van der Waals surface area (Å²) in [6.07, 6.45) is 0.855. The van der Waals surface area contributed by atoms with Gasteiger partial charge in [0.15, 0.2) is 0 Å².